The van der Waals surface area contributed by atoms with Gasteiger partial charge in [-0.15, -0.1) is 11.3 Å². The smallest absolute Gasteiger partial charge is 0.161 e. The SMILES string of the molecule is N#CC1=C(N)N(N2CCOCC2)C2=C(C(=O)CCC2)C1c1cccs1. The van der Waals surface area contributed by atoms with Crippen LogP contribution in [0.3, 0.4) is 0 Å². The average Bonchev–Trinajstić information content (AvgIpc) is 3.16. The van der Waals surface area contributed by atoms with Crippen LogP contribution in [0.5, 0.6) is 0 Å². The van der Waals surface area contributed by atoms with E-state index in [1.165, 1.54) is 0 Å². The molecular formula is C18H20N4O2S. The van der Waals surface area contributed by atoms with Gasteiger partial charge in [-0.25, -0.2) is 5.01 Å². The number of thiophene rings is 1. The molecule has 2 aliphatic heterocycles. The lowest BCUT2D eigenvalue weighted by molar-refractivity contribution is -0.117. The lowest BCUT2D eigenvalue weighted by Crippen LogP contribution is -2.52. The Hall–Kier alpha value is -2.14. The molecule has 3 aliphatic rings. The van der Waals surface area contributed by atoms with Crippen molar-refractivity contribution in [3.63, 3.8) is 0 Å². The van der Waals surface area contributed by atoms with Crippen LogP contribution in [0.1, 0.15) is 30.1 Å². The number of carbonyl (C=O) groups is 1. The zero-order valence-corrected chi connectivity index (χ0v) is 14.7. The summed E-state index contributed by atoms with van der Waals surface area (Å²) < 4.78 is 5.44. The number of nitriles is 1. The molecule has 3 heterocycles. The molecule has 0 aromatic carbocycles. The first-order chi connectivity index (χ1) is 12.2. The maximum absolute atomic E-state index is 12.8. The Balaban J connectivity index is 1.87. The summed E-state index contributed by atoms with van der Waals surface area (Å²) in [5.74, 6) is 0.263. The van der Waals surface area contributed by atoms with E-state index in [4.69, 9.17) is 10.5 Å². The Kier molecular flexibility index (Phi) is 4.34. The van der Waals surface area contributed by atoms with Crippen molar-refractivity contribution in [3.05, 3.63) is 45.1 Å². The van der Waals surface area contributed by atoms with Crippen LogP contribution in [0.2, 0.25) is 0 Å². The van der Waals surface area contributed by atoms with Gasteiger partial charge in [-0.2, -0.15) is 5.26 Å². The van der Waals surface area contributed by atoms with Gasteiger partial charge in [0, 0.05) is 35.7 Å². The highest BCUT2D eigenvalue weighted by Crippen LogP contribution is 2.46. The predicted molar refractivity (Wildman–Crippen MR) is 94.0 cm³/mol. The summed E-state index contributed by atoms with van der Waals surface area (Å²) in [7, 11) is 0. The highest BCUT2D eigenvalue weighted by molar-refractivity contribution is 7.10. The second kappa shape index (κ2) is 6.64. The molecule has 4 rings (SSSR count). The number of ketones is 1. The zero-order chi connectivity index (χ0) is 17.4. The number of rotatable bonds is 2. The van der Waals surface area contributed by atoms with Gasteiger partial charge in [-0.05, 0) is 24.3 Å². The average molecular weight is 356 g/mol. The maximum atomic E-state index is 12.8. The molecule has 1 fully saturated rings. The van der Waals surface area contributed by atoms with Gasteiger partial charge < -0.3 is 10.5 Å². The van der Waals surface area contributed by atoms with E-state index >= 15 is 0 Å². The molecule has 0 saturated carbocycles. The third-order valence-corrected chi connectivity index (χ3v) is 5.92. The molecule has 130 valence electrons. The Morgan fingerprint density at radius 2 is 2.12 bits per heavy atom. The molecule has 7 heteroatoms. The number of hydrogen-bond donors (Lipinski definition) is 1. The minimum Gasteiger partial charge on any atom is -0.383 e. The first-order valence-electron chi connectivity index (χ1n) is 8.54. The summed E-state index contributed by atoms with van der Waals surface area (Å²) in [6.45, 7) is 2.65. The normalized spacial score (nSPS) is 25.2. The molecular weight excluding hydrogens is 336 g/mol. The van der Waals surface area contributed by atoms with E-state index in [-0.39, 0.29) is 11.7 Å². The van der Waals surface area contributed by atoms with Crippen molar-refractivity contribution in [1.82, 2.24) is 10.0 Å². The number of hydrazine groups is 1. The first-order valence-corrected chi connectivity index (χ1v) is 9.42. The standard InChI is InChI=1S/C18H20N4O2S/c19-11-12-16(15-5-2-10-25-15)17-13(3-1-4-14(17)23)22(18(12)20)21-6-8-24-9-7-21/h2,5,10,16H,1,3-4,6-9,20H2. The van der Waals surface area contributed by atoms with Crippen LogP contribution in [0.15, 0.2) is 40.2 Å². The van der Waals surface area contributed by atoms with Gasteiger partial charge >= 0.3 is 0 Å². The number of Topliss-reactive ketones (excluding diaryl/α,β-unsaturated/α-hetero) is 1. The number of hydrogen-bond acceptors (Lipinski definition) is 7. The molecule has 6 nitrogen and oxygen atoms in total. The second-order valence-electron chi connectivity index (χ2n) is 6.37. The van der Waals surface area contributed by atoms with Gasteiger partial charge in [0.15, 0.2) is 5.78 Å². The molecule has 2 N–H and O–H groups in total. The molecule has 1 unspecified atom stereocenters. The predicted octanol–water partition coefficient (Wildman–Crippen LogP) is 2.10. The van der Waals surface area contributed by atoms with Crippen molar-refractivity contribution < 1.29 is 9.53 Å². The van der Waals surface area contributed by atoms with Crippen LogP contribution in [-0.2, 0) is 9.53 Å². The lowest BCUT2D eigenvalue weighted by atomic mass is 9.79. The van der Waals surface area contributed by atoms with Crippen LogP contribution < -0.4 is 5.73 Å². The van der Waals surface area contributed by atoms with Gasteiger partial charge in [-0.1, -0.05) is 6.07 Å². The van der Waals surface area contributed by atoms with Crippen molar-refractivity contribution in [2.45, 2.75) is 25.2 Å². The fourth-order valence-corrected chi connectivity index (χ4v) is 4.73. The highest BCUT2D eigenvalue weighted by Gasteiger charge is 2.42. The molecule has 0 radical (unpaired) electrons. The third kappa shape index (κ3) is 2.67. The molecule has 0 bridgehead atoms. The van der Waals surface area contributed by atoms with Gasteiger partial charge in [0.1, 0.15) is 5.82 Å². The molecule has 25 heavy (non-hydrogen) atoms. The van der Waals surface area contributed by atoms with Crippen molar-refractivity contribution in [3.8, 4) is 6.07 Å². The van der Waals surface area contributed by atoms with Gasteiger partial charge in [-0.3, -0.25) is 9.80 Å². The fourth-order valence-electron chi connectivity index (χ4n) is 3.88. The number of nitrogens with two attached hydrogens (primary N) is 1. The molecule has 0 amide bonds. The van der Waals surface area contributed by atoms with Crippen molar-refractivity contribution in [1.29, 1.82) is 5.26 Å². The van der Waals surface area contributed by atoms with Crippen LogP contribution in [0, 0.1) is 11.3 Å². The van der Waals surface area contributed by atoms with Crippen LogP contribution >= 0.6 is 11.3 Å². The number of allylic oxidation sites excluding steroid dienone is 3. The number of nitrogens with zero attached hydrogens (tertiary/aromatic N) is 3. The van der Waals surface area contributed by atoms with Gasteiger partial charge in [0.25, 0.3) is 0 Å². The zero-order valence-electron chi connectivity index (χ0n) is 13.9. The number of morpholine rings is 1. The Bertz CT molecular complexity index is 784. The second-order valence-corrected chi connectivity index (χ2v) is 7.35. The first kappa shape index (κ1) is 16.3. The highest BCUT2D eigenvalue weighted by atomic mass is 32.1. The largest absolute Gasteiger partial charge is 0.383 e. The maximum Gasteiger partial charge on any atom is 0.161 e. The van der Waals surface area contributed by atoms with Crippen LogP contribution in [0.25, 0.3) is 0 Å². The van der Waals surface area contributed by atoms with Gasteiger partial charge in [0.05, 0.1) is 30.8 Å². The molecule has 1 aromatic heterocycles. The fraction of sp³-hybridized carbons (Fsp3) is 0.444. The van der Waals surface area contributed by atoms with Crippen molar-refractivity contribution >= 4 is 17.1 Å². The summed E-state index contributed by atoms with van der Waals surface area (Å²) in [5, 5.41) is 15.8. The minimum absolute atomic E-state index is 0.137. The van der Waals surface area contributed by atoms with Crippen molar-refractivity contribution in [2.24, 2.45) is 5.73 Å². The molecule has 0 spiro atoms. The summed E-state index contributed by atoms with van der Waals surface area (Å²) in [6.07, 6.45) is 2.17. The molecule has 1 aliphatic carbocycles. The lowest BCUT2D eigenvalue weighted by Gasteiger charge is -2.45. The van der Waals surface area contributed by atoms with Crippen molar-refractivity contribution in [2.75, 3.05) is 26.3 Å². The molecule has 1 aromatic rings. The van der Waals surface area contributed by atoms with E-state index in [2.05, 4.69) is 11.1 Å². The summed E-state index contributed by atoms with van der Waals surface area (Å²) in [5.41, 5.74) is 8.67. The Labute approximate surface area is 150 Å². The van der Waals surface area contributed by atoms with E-state index in [0.29, 0.717) is 44.1 Å². The molecule has 1 saturated heterocycles. The topological polar surface area (TPSA) is 82.6 Å². The van der Waals surface area contributed by atoms with E-state index in [0.717, 1.165) is 29.0 Å². The Morgan fingerprint density at radius 3 is 2.80 bits per heavy atom. The summed E-state index contributed by atoms with van der Waals surface area (Å²) in [6, 6.07) is 6.22. The summed E-state index contributed by atoms with van der Waals surface area (Å²) >= 11 is 1.57. The number of carbonyl (C=O) groups excluding carboxylic acids is 1. The number of ether oxygens (including phenoxy) is 1. The minimum atomic E-state index is -0.329. The molecule has 1 atom stereocenters. The van der Waals surface area contributed by atoms with Crippen LogP contribution in [-0.4, -0.2) is 42.1 Å². The van der Waals surface area contributed by atoms with E-state index < -0.39 is 0 Å². The van der Waals surface area contributed by atoms with Gasteiger partial charge in [0.2, 0.25) is 0 Å². The quantitative estimate of drug-likeness (QED) is 0.874. The monoisotopic (exact) mass is 356 g/mol. The van der Waals surface area contributed by atoms with E-state index in [1.54, 1.807) is 11.3 Å². The van der Waals surface area contributed by atoms with Crippen LogP contribution in [0.4, 0.5) is 0 Å². The summed E-state index contributed by atoms with van der Waals surface area (Å²) in [4.78, 5) is 13.8. The Morgan fingerprint density at radius 1 is 1.32 bits per heavy atom. The van der Waals surface area contributed by atoms with E-state index in [1.807, 2.05) is 22.5 Å². The van der Waals surface area contributed by atoms with E-state index in [9.17, 15) is 10.1 Å². The third-order valence-electron chi connectivity index (χ3n) is 4.98.